The van der Waals surface area contributed by atoms with Gasteiger partial charge in [0, 0.05) is 38.3 Å². The van der Waals surface area contributed by atoms with Gasteiger partial charge < -0.3 is 35.8 Å². The highest BCUT2D eigenvalue weighted by molar-refractivity contribution is 5.95. The van der Waals surface area contributed by atoms with Crippen LogP contribution in [-0.2, 0) is 25.5 Å². The molecule has 240 valence electrons. The van der Waals surface area contributed by atoms with E-state index in [1.54, 1.807) is 32.0 Å². The van der Waals surface area contributed by atoms with Gasteiger partial charge in [0.15, 0.2) is 0 Å². The molecule has 3 amide bonds. The number of ether oxygens (including phenoxy) is 2. The fourth-order valence-corrected chi connectivity index (χ4v) is 4.72. The van der Waals surface area contributed by atoms with Crippen LogP contribution in [-0.4, -0.2) is 86.5 Å². The van der Waals surface area contributed by atoms with E-state index in [2.05, 4.69) is 14.8 Å². The summed E-state index contributed by atoms with van der Waals surface area (Å²) in [5, 5.41) is 14.4. The third-order valence-electron chi connectivity index (χ3n) is 6.77. The number of amides is 3. The summed E-state index contributed by atoms with van der Waals surface area (Å²) in [7, 11) is 1.30. The molecule has 0 fully saturated rings. The van der Waals surface area contributed by atoms with Crippen molar-refractivity contribution >= 4 is 36.0 Å². The number of anilines is 1. The Morgan fingerprint density at radius 2 is 1.67 bits per heavy atom. The van der Waals surface area contributed by atoms with Gasteiger partial charge in [-0.3, -0.25) is 9.59 Å². The van der Waals surface area contributed by atoms with Crippen LogP contribution < -0.4 is 21.3 Å². The highest BCUT2D eigenvalue weighted by atomic mass is 35.5. The highest BCUT2D eigenvalue weighted by Crippen LogP contribution is 2.45. The molecule has 1 heterocycles. The Labute approximate surface area is 244 Å². The maximum absolute atomic E-state index is 13.4. The molecule has 0 aliphatic carbocycles. The molecule has 1 aromatic carbocycles. The second-order valence-electron chi connectivity index (χ2n) is 10.5. The van der Waals surface area contributed by atoms with Crippen LogP contribution in [0.5, 0.6) is 0 Å². The Morgan fingerprint density at radius 3 is 2.19 bits per heavy atom. The summed E-state index contributed by atoms with van der Waals surface area (Å²) in [6.07, 6.45) is -14.5. The molecular weight excluding hydrogens is 602 g/mol. The van der Waals surface area contributed by atoms with Gasteiger partial charge in [0.1, 0.15) is 0 Å². The van der Waals surface area contributed by atoms with E-state index >= 15 is 0 Å². The number of fused-ring (bicyclic) bond motifs is 1. The zero-order chi connectivity index (χ0) is 31.4. The SMILES string of the molecule is COC(=O)NC1Cc2ccccc2N(C(=O)CC(C)(C)C[C@H](N)[C@@H](O)CNC(=O)C(OC)(C(F)(F)F)C(F)(F)F)C1.Cl. The maximum Gasteiger partial charge on any atom is 0.435 e. The van der Waals surface area contributed by atoms with Crippen LogP contribution in [0.15, 0.2) is 24.3 Å². The normalized spacial score (nSPS) is 17.3. The van der Waals surface area contributed by atoms with Gasteiger partial charge in [-0.15, -0.1) is 12.4 Å². The number of benzene rings is 1. The van der Waals surface area contributed by atoms with E-state index < -0.39 is 60.1 Å². The van der Waals surface area contributed by atoms with Crippen LogP contribution in [0.25, 0.3) is 0 Å². The number of rotatable bonds is 10. The lowest BCUT2D eigenvalue weighted by atomic mass is 9.80. The van der Waals surface area contributed by atoms with Gasteiger partial charge in [0.05, 0.1) is 19.3 Å². The average molecular weight is 637 g/mol. The first-order chi connectivity index (χ1) is 18.8. The summed E-state index contributed by atoms with van der Waals surface area (Å²) in [5.74, 6) is -2.91. The number of nitrogens with zero attached hydrogens (tertiary/aromatic N) is 1. The summed E-state index contributed by atoms with van der Waals surface area (Å²) in [5.41, 5.74) is 1.36. The lowest BCUT2D eigenvalue weighted by Crippen LogP contribution is -2.67. The minimum atomic E-state index is -6.14. The highest BCUT2D eigenvalue weighted by Gasteiger charge is 2.77. The van der Waals surface area contributed by atoms with E-state index in [1.807, 2.05) is 6.07 Å². The van der Waals surface area contributed by atoms with Gasteiger partial charge in [-0.25, -0.2) is 4.79 Å². The Balaban J connectivity index is 0.00000882. The fourth-order valence-electron chi connectivity index (χ4n) is 4.72. The number of para-hydroxylation sites is 1. The van der Waals surface area contributed by atoms with Crippen LogP contribution in [0.2, 0.25) is 0 Å². The average Bonchev–Trinajstić information content (AvgIpc) is 2.84. The molecule has 1 unspecified atom stereocenters. The molecule has 0 aromatic heterocycles. The number of nitrogens with two attached hydrogens (primary N) is 1. The fraction of sp³-hybridized carbons (Fsp3) is 0.640. The Morgan fingerprint density at radius 1 is 1.10 bits per heavy atom. The molecular formula is C25H35ClF6N4O6. The molecule has 17 heteroatoms. The predicted molar refractivity (Wildman–Crippen MR) is 141 cm³/mol. The summed E-state index contributed by atoms with van der Waals surface area (Å²) >= 11 is 0. The van der Waals surface area contributed by atoms with E-state index in [-0.39, 0.29) is 44.8 Å². The number of hydrogen-bond donors (Lipinski definition) is 4. The molecule has 5 N–H and O–H groups in total. The number of methoxy groups -OCH3 is 2. The van der Waals surface area contributed by atoms with Crippen LogP contribution in [0.3, 0.4) is 0 Å². The number of aliphatic hydroxyl groups excluding tert-OH is 1. The molecule has 1 aliphatic rings. The Kier molecular flexibility index (Phi) is 12.5. The van der Waals surface area contributed by atoms with Crippen molar-refractivity contribution in [3.8, 4) is 0 Å². The van der Waals surface area contributed by atoms with E-state index in [1.165, 1.54) is 17.3 Å². The third kappa shape index (κ3) is 8.39. The minimum Gasteiger partial charge on any atom is -0.453 e. The molecule has 1 aliphatic heterocycles. The van der Waals surface area contributed by atoms with Gasteiger partial charge in [0.2, 0.25) is 5.91 Å². The predicted octanol–water partition coefficient (Wildman–Crippen LogP) is 2.84. The lowest BCUT2D eigenvalue weighted by molar-refractivity contribution is -0.357. The summed E-state index contributed by atoms with van der Waals surface area (Å²) in [6.45, 7) is 2.38. The zero-order valence-corrected chi connectivity index (χ0v) is 24.1. The molecule has 1 aromatic rings. The maximum atomic E-state index is 13.4. The second kappa shape index (κ2) is 14.1. The number of hydrogen-bond acceptors (Lipinski definition) is 7. The van der Waals surface area contributed by atoms with Crippen molar-refractivity contribution in [3.63, 3.8) is 0 Å². The quantitative estimate of drug-likeness (QED) is 0.289. The van der Waals surface area contributed by atoms with Crippen LogP contribution in [0, 0.1) is 5.41 Å². The molecule has 10 nitrogen and oxygen atoms in total. The minimum absolute atomic E-state index is 0. The second-order valence-corrected chi connectivity index (χ2v) is 10.5. The summed E-state index contributed by atoms with van der Waals surface area (Å²) < 4.78 is 87.7. The molecule has 0 spiro atoms. The summed E-state index contributed by atoms with van der Waals surface area (Å²) in [6, 6.07) is 5.40. The molecule has 42 heavy (non-hydrogen) atoms. The first-order valence-electron chi connectivity index (χ1n) is 12.4. The van der Waals surface area contributed by atoms with Crippen molar-refractivity contribution in [2.75, 3.05) is 32.2 Å². The van der Waals surface area contributed by atoms with Crippen molar-refractivity contribution in [1.82, 2.24) is 10.6 Å². The molecule has 0 saturated carbocycles. The first kappa shape index (κ1) is 37.2. The van der Waals surface area contributed by atoms with Crippen molar-refractivity contribution in [2.24, 2.45) is 11.1 Å². The van der Waals surface area contributed by atoms with E-state index in [9.17, 15) is 45.8 Å². The third-order valence-corrected chi connectivity index (χ3v) is 6.77. The number of carbonyl (C=O) groups is 3. The van der Waals surface area contributed by atoms with Gasteiger partial charge in [0.25, 0.3) is 5.91 Å². The van der Waals surface area contributed by atoms with E-state index in [4.69, 9.17) is 5.73 Å². The Bertz CT molecular complexity index is 1090. The van der Waals surface area contributed by atoms with Gasteiger partial charge >= 0.3 is 24.0 Å². The van der Waals surface area contributed by atoms with E-state index in [0.29, 0.717) is 12.1 Å². The standard InChI is InChI=1S/C25H34F6N4O6.ClH/c1-22(2,10-16(32)18(36)12-33-20(38)23(41-4,24(26,27)28)25(29,30)31)11-19(37)35-13-15(34-21(39)40-3)9-14-7-5-6-8-17(14)35;/h5-8,15-16,18,36H,9-13,32H2,1-4H3,(H,33,38)(H,34,39);1H/t15?,16-,18-;/m0./s1. The largest absolute Gasteiger partial charge is 0.453 e. The van der Waals surface area contributed by atoms with Crippen molar-refractivity contribution in [2.45, 2.75) is 69.3 Å². The van der Waals surface area contributed by atoms with Gasteiger partial charge in [-0.05, 0) is 29.9 Å². The molecule has 2 rings (SSSR count). The van der Waals surface area contributed by atoms with Crippen molar-refractivity contribution in [1.29, 1.82) is 0 Å². The van der Waals surface area contributed by atoms with Crippen LogP contribution in [0.1, 0.15) is 32.3 Å². The van der Waals surface area contributed by atoms with Gasteiger partial charge in [-0.2, -0.15) is 26.3 Å². The topological polar surface area (TPSA) is 143 Å². The monoisotopic (exact) mass is 636 g/mol. The number of nitrogens with one attached hydrogen (secondary N) is 2. The lowest BCUT2D eigenvalue weighted by Gasteiger charge is -2.37. The number of alkyl halides is 6. The van der Waals surface area contributed by atoms with Crippen molar-refractivity contribution in [3.05, 3.63) is 29.8 Å². The molecule has 3 atom stereocenters. The van der Waals surface area contributed by atoms with Crippen LogP contribution in [0.4, 0.5) is 36.8 Å². The smallest absolute Gasteiger partial charge is 0.435 e. The van der Waals surface area contributed by atoms with E-state index in [0.717, 1.165) is 5.56 Å². The summed E-state index contributed by atoms with van der Waals surface area (Å²) in [4.78, 5) is 38.6. The Hall–Kier alpha value is -2.82. The number of aliphatic hydroxyl groups is 1. The molecule has 0 bridgehead atoms. The molecule has 0 radical (unpaired) electrons. The number of carbonyl (C=O) groups excluding carboxylic acids is 3. The number of halogens is 7. The first-order valence-corrected chi connectivity index (χ1v) is 12.4. The number of alkyl carbamates (subject to hydrolysis) is 1. The molecule has 0 saturated heterocycles. The zero-order valence-electron chi connectivity index (χ0n) is 23.3. The van der Waals surface area contributed by atoms with Gasteiger partial charge in [-0.1, -0.05) is 32.0 Å². The van der Waals surface area contributed by atoms with Crippen LogP contribution >= 0.6 is 12.4 Å². The van der Waals surface area contributed by atoms with Crippen molar-refractivity contribution < 1.29 is 55.3 Å².